The molecule has 0 saturated carbocycles. The van der Waals surface area contributed by atoms with Gasteiger partial charge in [0.1, 0.15) is 11.5 Å². The average molecular weight is 390 g/mol. The number of hydrogen-bond donors (Lipinski definition) is 1. The van der Waals surface area contributed by atoms with E-state index in [4.69, 9.17) is 9.47 Å². The first-order valence-electron chi connectivity index (χ1n) is 8.01. The van der Waals surface area contributed by atoms with Crippen LogP contribution in [0.5, 0.6) is 11.5 Å². The first-order valence-corrected chi connectivity index (χ1v) is 9.45. The maximum atomic E-state index is 12.2. The Morgan fingerprint density at radius 3 is 2.44 bits per heavy atom. The molecule has 144 valence electrons. The normalized spacial score (nSPS) is 11.6. The van der Waals surface area contributed by atoms with E-state index in [1.807, 2.05) is 0 Å². The smallest absolute Gasteiger partial charge is 0.248 e. The van der Waals surface area contributed by atoms with E-state index >= 15 is 0 Å². The number of methoxy groups -OCH3 is 2. The van der Waals surface area contributed by atoms with Gasteiger partial charge in [-0.05, 0) is 42.5 Å². The topological polar surface area (TPSA) is 84.9 Å². The van der Waals surface area contributed by atoms with Gasteiger partial charge in [0.15, 0.2) is 0 Å². The molecule has 0 aliphatic rings. The van der Waals surface area contributed by atoms with E-state index in [1.165, 1.54) is 39.4 Å². The minimum Gasteiger partial charge on any atom is -0.497 e. The number of hydrogen-bond acceptors (Lipinski definition) is 5. The lowest BCUT2D eigenvalue weighted by Crippen LogP contribution is -2.22. The van der Waals surface area contributed by atoms with Crippen LogP contribution in [-0.2, 0) is 14.8 Å². The van der Waals surface area contributed by atoms with Crippen LogP contribution in [0.3, 0.4) is 0 Å². The zero-order valence-electron chi connectivity index (χ0n) is 15.6. The highest BCUT2D eigenvalue weighted by molar-refractivity contribution is 7.89. The van der Waals surface area contributed by atoms with E-state index in [9.17, 15) is 13.2 Å². The largest absolute Gasteiger partial charge is 0.497 e. The molecule has 0 aromatic heterocycles. The number of sulfonamides is 1. The standard InChI is InChI=1S/C19H22N2O5S/c1-21(2)27(23,24)17-7-5-6-15(13-17)20-19(22)11-8-14-12-16(25-3)9-10-18(14)26-4/h5-13H,1-4H3,(H,20,22). The summed E-state index contributed by atoms with van der Waals surface area (Å²) in [7, 11) is 2.41. The van der Waals surface area contributed by atoms with Gasteiger partial charge in [0.05, 0.1) is 19.1 Å². The first-order chi connectivity index (χ1) is 12.8. The minimum absolute atomic E-state index is 0.101. The van der Waals surface area contributed by atoms with Crippen molar-refractivity contribution in [2.45, 2.75) is 4.90 Å². The van der Waals surface area contributed by atoms with E-state index in [0.29, 0.717) is 22.7 Å². The Labute approximate surface area is 159 Å². The van der Waals surface area contributed by atoms with Gasteiger partial charge in [-0.3, -0.25) is 4.79 Å². The van der Waals surface area contributed by atoms with Gasteiger partial charge < -0.3 is 14.8 Å². The van der Waals surface area contributed by atoms with E-state index in [2.05, 4.69) is 5.32 Å². The number of nitrogens with one attached hydrogen (secondary N) is 1. The van der Waals surface area contributed by atoms with Crippen LogP contribution in [0.4, 0.5) is 5.69 Å². The first kappa shape index (κ1) is 20.5. The minimum atomic E-state index is -3.57. The monoisotopic (exact) mass is 390 g/mol. The Morgan fingerprint density at radius 1 is 1.07 bits per heavy atom. The summed E-state index contributed by atoms with van der Waals surface area (Å²) in [5.74, 6) is 0.829. The molecule has 0 spiro atoms. The average Bonchev–Trinajstić information content (AvgIpc) is 2.66. The fraction of sp³-hybridized carbons (Fsp3) is 0.211. The maximum absolute atomic E-state index is 12.2. The molecule has 2 rings (SSSR count). The zero-order chi connectivity index (χ0) is 20.0. The number of benzene rings is 2. The van der Waals surface area contributed by atoms with Crippen LogP contribution in [0.15, 0.2) is 53.4 Å². The number of nitrogens with zero attached hydrogens (tertiary/aromatic N) is 1. The Bertz CT molecular complexity index is 952. The Hall–Kier alpha value is -2.84. The fourth-order valence-electron chi connectivity index (χ4n) is 2.26. The van der Waals surface area contributed by atoms with Crippen molar-refractivity contribution in [3.63, 3.8) is 0 Å². The van der Waals surface area contributed by atoms with Gasteiger partial charge in [0.2, 0.25) is 15.9 Å². The van der Waals surface area contributed by atoms with Crippen molar-refractivity contribution in [3.05, 3.63) is 54.1 Å². The maximum Gasteiger partial charge on any atom is 0.248 e. The number of carbonyl (C=O) groups excluding carboxylic acids is 1. The number of amides is 1. The van der Waals surface area contributed by atoms with Crippen LogP contribution in [0.2, 0.25) is 0 Å². The van der Waals surface area contributed by atoms with Crippen LogP contribution in [-0.4, -0.2) is 46.9 Å². The third-order valence-electron chi connectivity index (χ3n) is 3.73. The van der Waals surface area contributed by atoms with Crippen LogP contribution >= 0.6 is 0 Å². The lowest BCUT2D eigenvalue weighted by atomic mass is 10.1. The lowest BCUT2D eigenvalue weighted by Gasteiger charge is -2.12. The number of ether oxygens (including phenoxy) is 2. The summed E-state index contributed by atoms with van der Waals surface area (Å²) in [5, 5.41) is 2.65. The third-order valence-corrected chi connectivity index (χ3v) is 5.54. The van der Waals surface area contributed by atoms with Crippen molar-refractivity contribution in [2.75, 3.05) is 33.6 Å². The van der Waals surface area contributed by atoms with E-state index in [-0.39, 0.29) is 4.90 Å². The molecule has 27 heavy (non-hydrogen) atoms. The number of carbonyl (C=O) groups is 1. The molecule has 8 heteroatoms. The Balaban J connectivity index is 2.18. The molecule has 2 aromatic rings. The van der Waals surface area contributed by atoms with Gasteiger partial charge in [-0.15, -0.1) is 0 Å². The van der Waals surface area contributed by atoms with Crippen molar-refractivity contribution in [1.29, 1.82) is 0 Å². The Morgan fingerprint density at radius 2 is 1.81 bits per heavy atom. The molecule has 0 radical (unpaired) electrons. The fourth-order valence-corrected chi connectivity index (χ4v) is 3.21. The molecule has 0 fully saturated rings. The van der Waals surface area contributed by atoms with E-state index in [0.717, 1.165) is 4.31 Å². The Kier molecular flexibility index (Phi) is 6.59. The summed E-state index contributed by atoms with van der Waals surface area (Å²) in [6, 6.07) is 11.3. The molecule has 2 aromatic carbocycles. The second-order valence-electron chi connectivity index (χ2n) is 5.75. The molecular formula is C19H22N2O5S. The van der Waals surface area contributed by atoms with Crippen molar-refractivity contribution < 1.29 is 22.7 Å². The van der Waals surface area contributed by atoms with Crippen molar-refractivity contribution in [2.24, 2.45) is 0 Å². The molecular weight excluding hydrogens is 368 g/mol. The van der Waals surface area contributed by atoms with Crippen molar-refractivity contribution in [3.8, 4) is 11.5 Å². The zero-order valence-corrected chi connectivity index (χ0v) is 16.4. The van der Waals surface area contributed by atoms with Gasteiger partial charge in [-0.2, -0.15) is 0 Å². The molecule has 0 aliphatic carbocycles. The molecule has 1 amide bonds. The molecule has 7 nitrogen and oxygen atoms in total. The second kappa shape index (κ2) is 8.70. The summed E-state index contributed by atoms with van der Waals surface area (Å²) >= 11 is 0. The van der Waals surface area contributed by atoms with Crippen LogP contribution in [0, 0.1) is 0 Å². The summed E-state index contributed by atoms with van der Waals surface area (Å²) < 4.78 is 35.9. The summed E-state index contributed by atoms with van der Waals surface area (Å²) in [4.78, 5) is 12.3. The summed E-state index contributed by atoms with van der Waals surface area (Å²) in [6.07, 6.45) is 2.93. The van der Waals surface area contributed by atoms with Gasteiger partial charge in [0, 0.05) is 31.4 Å². The highest BCUT2D eigenvalue weighted by atomic mass is 32.2. The lowest BCUT2D eigenvalue weighted by molar-refractivity contribution is -0.111. The van der Waals surface area contributed by atoms with Gasteiger partial charge in [-0.1, -0.05) is 6.07 Å². The molecule has 0 unspecified atom stereocenters. The molecule has 0 saturated heterocycles. The van der Waals surface area contributed by atoms with E-state index in [1.54, 1.807) is 43.5 Å². The molecule has 1 N–H and O–H groups in total. The highest BCUT2D eigenvalue weighted by Gasteiger charge is 2.17. The van der Waals surface area contributed by atoms with Gasteiger partial charge >= 0.3 is 0 Å². The number of anilines is 1. The third kappa shape index (κ3) is 5.08. The van der Waals surface area contributed by atoms with Crippen LogP contribution in [0.25, 0.3) is 6.08 Å². The molecule has 0 aliphatic heterocycles. The molecule has 0 atom stereocenters. The van der Waals surface area contributed by atoms with Crippen LogP contribution in [0.1, 0.15) is 5.56 Å². The summed E-state index contributed by atoms with van der Waals surface area (Å²) in [6.45, 7) is 0. The predicted molar refractivity (Wildman–Crippen MR) is 105 cm³/mol. The quantitative estimate of drug-likeness (QED) is 0.735. The van der Waals surface area contributed by atoms with Crippen molar-refractivity contribution in [1.82, 2.24) is 4.31 Å². The van der Waals surface area contributed by atoms with Gasteiger partial charge in [0.25, 0.3) is 0 Å². The summed E-state index contributed by atoms with van der Waals surface area (Å²) in [5.41, 5.74) is 1.06. The molecule has 0 bridgehead atoms. The SMILES string of the molecule is COc1ccc(OC)c(C=CC(=O)Nc2cccc(S(=O)(=O)N(C)C)c2)c1. The van der Waals surface area contributed by atoms with E-state index < -0.39 is 15.9 Å². The molecule has 0 heterocycles. The van der Waals surface area contributed by atoms with Gasteiger partial charge in [-0.25, -0.2) is 12.7 Å². The highest BCUT2D eigenvalue weighted by Crippen LogP contribution is 2.25. The second-order valence-corrected chi connectivity index (χ2v) is 7.90. The number of rotatable bonds is 7. The van der Waals surface area contributed by atoms with Crippen LogP contribution < -0.4 is 14.8 Å². The predicted octanol–water partition coefficient (Wildman–Crippen LogP) is 2.61. The van der Waals surface area contributed by atoms with Crippen molar-refractivity contribution >= 4 is 27.7 Å².